The molecule has 0 unspecified atom stereocenters. The van der Waals surface area contributed by atoms with Gasteiger partial charge in [-0.25, -0.2) is 0 Å². The molecule has 0 spiro atoms. The molecule has 1 rings (SSSR count). The van der Waals surface area contributed by atoms with E-state index in [0.717, 1.165) is 0 Å². The summed E-state index contributed by atoms with van der Waals surface area (Å²) in [6, 6.07) is 0. The van der Waals surface area contributed by atoms with E-state index in [-0.39, 0.29) is 31.3 Å². The molecular weight excluding hydrogens is 285 g/mol. The van der Waals surface area contributed by atoms with Crippen LogP contribution in [0.2, 0.25) is 0 Å². The summed E-state index contributed by atoms with van der Waals surface area (Å²) < 4.78 is 41.1. The predicted octanol–water partition coefficient (Wildman–Crippen LogP) is 1.64. The maximum atomic E-state index is 11.9. The van der Waals surface area contributed by atoms with Crippen molar-refractivity contribution in [3.8, 4) is 0 Å². The Balaban J connectivity index is 0.00000324. The first kappa shape index (κ1) is 18.5. The number of carbonyl (C=O) groups is 1. The van der Waals surface area contributed by atoms with E-state index in [1.165, 1.54) is 7.11 Å². The SMILES string of the molecule is COC1(C(=O)NCCCC(F)(F)F)CCNCC1.Cl. The molecule has 0 aromatic heterocycles. The molecule has 1 saturated heterocycles. The van der Waals surface area contributed by atoms with Crippen LogP contribution in [0.4, 0.5) is 13.2 Å². The Morgan fingerprint density at radius 1 is 1.37 bits per heavy atom. The van der Waals surface area contributed by atoms with Gasteiger partial charge in [-0.2, -0.15) is 13.2 Å². The molecule has 1 amide bonds. The van der Waals surface area contributed by atoms with Gasteiger partial charge in [0.1, 0.15) is 5.60 Å². The summed E-state index contributed by atoms with van der Waals surface area (Å²) in [5.74, 6) is -0.311. The van der Waals surface area contributed by atoms with Crippen molar-refractivity contribution >= 4 is 18.3 Å². The summed E-state index contributed by atoms with van der Waals surface area (Å²) in [6.07, 6.45) is -4.08. The number of amides is 1. The normalized spacial score (nSPS) is 18.5. The zero-order valence-corrected chi connectivity index (χ0v) is 11.6. The van der Waals surface area contributed by atoms with Gasteiger partial charge < -0.3 is 15.4 Å². The van der Waals surface area contributed by atoms with Crippen LogP contribution in [0.15, 0.2) is 0 Å². The molecule has 0 saturated carbocycles. The Morgan fingerprint density at radius 3 is 2.42 bits per heavy atom. The summed E-state index contributed by atoms with van der Waals surface area (Å²) >= 11 is 0. The quantitative estimate of drug-likeness (QED) is 0.759. The molecule has 0 aromatic rings. The number of alkyl halides is 3. The monoisotopic (exact) mass is 304 g/mol. The Hall–Kier alpha value is -0.530. The molecule has 1 aliphatic heterocycles. The van der Waals surface area contributed by atoms with Crippen LogP contribution in [0.1, 0.15) is 25.7 Å². The second-order valence-corrected chi connectivity index (χ2v) is 4.42. The average Bonchev–Trinajstić information content (AvgIpc) is 2.34. The van der Waals surface area contributed by atoms with Crippen LogP contribution in [0, 0.1) is 0 Å². The third kappa shape index (κ3) is 5.97. The van der Waals surface area contributed by atoms with Crippen molar-refractivity contribution in [1.82, 2.24) is 10.6 Å². The molecule has 8 heteroatoms. The molecule has 0 aromatic carbocycles. The molecule has 1 aliphatic rings. The zero-order valence-electron chi connectivity index (χ0n) is 10.8. The third-order valence-corrected chi connectivity index (χ3v) is 3.14. The van der Waals surface area contributed by atoms with E-state index in [2.05, 4.69) is 10.6 Å². The van der Waals surface area contributed by atoms with Crippen molar-refractivity contribution in [2.24, 2.45) is 0 Å². The number of hydrogen-bond acceptors (Lipinski definition) is 3. The van der Waals surface area contributed by atoms with E-state index >= 15 is 0 Å². The lowest BCUT2D eigenvalue weighted by Gasteiger charge is -2.34. The van der Waals surface area contributed by atoms with Gasteiger partial charge in [-0.15, -0.1) is 12.4 Å². The van der Waals surface area contributed by atoms with Gasteiger partial charge in [0.05, 0.1) is 0 Å². The van der Waals surface area contributed by atoms with Crippen LogP contribution in [0.3, 0.4) is 0 Å². The molecule has 2 N–H and O–H groups in total. The van der Waals surface area contributed by atoms with Crippen LogP contribution in [0.25, 0.3) is 0 Å². The number of nitrogens with one attached hydrogen (secondary N) is 2. The highest BCUT2D eigenvalue weighted by Gasteiger charge is 2.39. The Labute approximate surface area is 116 Å². The second kappa shape index (κ2) is 7.91. The summed E-state index contributed by atoms with van der Waals surface area (Å²) in [6.45, 7) is 1.37. The molecule has 19 heavy (non-hydrogen) atoms. The summed E-state index contributed by atoms with van der Waals surface area (Å²) in [7, 11) is 1.46. The van der Waals surface area contributed by atoms with Crippen LogP contribution < -0.4 is 10.6 Å². The van der Waals surface area contributed by atoms with Crippen molar-refractivity contribution in [2.45, 2.75) is 37.5 Å². The van der Waals surface area contributed by atoms with Crippen molar-refractivity contribution < 1.29 is 22.7 Å². The Morgan fingerprint density at radius 2 is 1.95 bits per heavy atom. The highest BCUT2D eigenvalue weighted by atomic mass is 35.5. The smallest absolute Gasteiger partial charge is 0.368 e. The number of hydrogen-bond donors (Lipinski definition) is 2. The fourth-order valence-electron chi connectivity index (χ4n) is 2.01. The van der Waals surface area contributed by atoms with Gasteiger partial charge in [-0.3, -0.25) is 4.79 Å². The number of rotatable bonds is 5. The van der Waals surface area contributed by atoms with E-state index in [4.69, 9.17) is 4.74 Å². The fraction of sp³-hybridized carbons (Fsp3) is 0.909. The maximum Gasteiger partial charge on any atom is 0.389 e. The first-order chi connectivity index (χ1) is 8.40. The highest BCUT2D eigenvalue weighted by Crippen LogP contribution is 2.23. The largest absolute Gasteiger partial charge is 0.389 e. The number of carbonyl (C=O) groups excluding carboxylic acids is 1. The van der Waals surface area contributed by atoms with Gasteiger partial charge in [-0.05, 0) is 32.4 Å². The van der Waals surface area contributed by atoms with Crippen LogP contribution in [-0.4, -0.2) is 44.4 Å². The molecule has 0 atom stereocenters. The van der Waals surface area contributed by atoms with Gasteiger partial charge in [0, 0.05) is 20.1 Å². The van der Waals surface area contributed by atoms with Crippen LogP contribution in [-0.2, 0) is 9.53 Å². The van der Waals surface area contributed by atoms with Crippen LogP contribution >= 0.6 is 12.4 Å². The van der Waals surface area contributed by atoms with Gasteiger partial charge in [0.25, 0.3) is 5.91 Å². The predicted molar refractivity (Wildman–Crippen MR) is 67.4 cm³/mol. The minimum absolute atomic E-state index is 0. The molecule has 4 nitrogen and oxygen atoms in total. The summed E-state index contributed by atoms with van der Waals surface area (Å²) in [5, 5.41) is 5.63. The molecule has 0 aliphatic carbocycles. The zero-order chi connectivity index (χ0) is 13.6. The first-order valence-corrected chi connectivity index (χ1v) is 6.00. The van der Waals surface area contributed by atoms with Gasteiger partial charge in [-0.1, -0.05) is 0 Å². The minimum atomic E-state index is -4.17. The molecular formula is C11H20ClF3N2O2. The minimum Gasteiger partial charge on any atom is -0.368 e. The Kier molecular flexibility index (Phi) is 7.69. The van der Waals surface area contributed by atoms with E-state index in [9.17, 15) is 18.0 Å². The van der Waals surface area contributed by atoms with Crippen molar-refractivity contribution in [3.05, 3.63) is 0 Å². The second-order valence-electron chi connectivity index (χ2n) is 4.42. The highest BCUT2D eigenvalue weighted by molar-refractivity contribution is 5.85. The van der Waals surface area contributed by atoms with Gasteiger partial charge in [0.15, 0.2) is 0 Å². The average molecular weight is 305 g/mol. The van der Waals surface area contributed by atoms with Crippen molar-refractivity contribution in [1.29, 1.82) is 0 Å². The molecule has 1 fully saturated rings. The van der Waals surface area contributed by atoms with E-state index in [1.807, 2.05) is 0 Å². The summed E-state index contributed by atoms with van der Waals surface area (Å²) in [5.41, 5.74) is -0.885. The number of methoxy groups -OCH3 is 1. The van der Waals surface area contributed by atoms with Crippen LogP contribution in [0.5, 0.6) is 0 Å². The number of piperidine rings is 1. The fourth-order valence-corrected chi connectivity index (χ4v) is 2.01. The molecule has 0 bridgehead atoms. The van der Waals surface area contributed by atoms with E-state index < -0.39 is 18.2 Å². The van der Waals surface area contributed by atoms with E-state index in [0.29, 0.717) is 25.9 Å². The summed E-state index contributed by atoms with van der Waals surface area (Å²) in [4.78, 5) is 11.9. The standard InChI is InChI=1S/C11H19F3N2O2.ClH/c1-18-10(4-7-15-8-5-10)9(17)16-6-2-3-11(12,13)14;/h15H,2-8H2,1H3,(H,16,17);1H. The lowest BCUT2D eigenvalue weighted by molar-refractivity contribution is -0.148. The number of halogens is 4. The number of ether oxygens (including phenoxy) is 1. The van der Waals surface area contributed by atoms with E-state index in [1.54, 1.807) is 0 Å². The van der Waals surface area contributed by atoms with Gasteiger partial charge >= 0.3 is 6.18 Å². The molecule has 0 radical (unpaired) electrons. The third-order valence-electron chi connectivity index (χ3n) is 3.14. The van der Waals surface area contributed by atoms with Crippen molar-refractivity contribution in [3.63, 3.8) is 0 Å². The maximum absolute atomic E-state index is 11.9. The van der Waals surface area contributed by atoms with Crippen molar-refractivity contribution in [2.75, 3.05) is 26.7 Å². The Bertz CT molecular complexity index is 282. The first-order valence-electron chi connectivity index (χ1n) is 6.00. The molecule has 1 heterocycles. The lowest BCUT2D eigenvalue weighted by Crippen LogP contribution is -2.54. The topological polar surface area (TPSA) is 50.4 Å². The lowest BCUT2D eigenvalue weighted by atomic mass is 9.91. The van der Waals surface area contributed by atoms with Gasteiger partial charge in [0.2, 0.25) is 0 Å². The molecule has 114 valence electrons.